The molecule has 0 fully saturated rings. The molecule has 414 valence electrons. The van der Waals surface area contributed by atoms with E-state index in [-0.39, 0.29) is 12.1 Å². The molecule has 16 rings (SSSR count). The fourth-order valence-corrected chi connectivity index (χ4v) is 13.3. The standard InChI is InChI=1S/C80H56BN7/c1-80(2,3)61-38-43-70-65(50-61)64-45-57(37-42-69(64)88(70)71-41-34-52(51-82)44-66(71)79-84-77(55-26-14-6-15-27-55)83-78(85-79)56-28-16-7-17-29-56)60-48-74-76-75(49-60)87(63-32-20-9-21-33-63)73-47-59(54-24-12-5-13-25-54)36-40-68(73)81(76)67-39-35-58(53-22-10-4-11-23-53)46-72(67)86(74)62-30-18-8-19-31-62/h4-50H,1-3H3. The highest BCUT2D eigenvalue weighted by atomic mass is 15.2. The highest BCUT2D eigenvalue weighted by molar-refractivity contribution is 7.00. The Morgan fingerprint density at radius 1 is 0.352 bits per heavy atom. The smallest absolute Gasteiger partial charge is 0.252 e. The van der Waals surface area contributed by atoms with E-state index in [4.69, 9.17) is 15.0 Å². The van der Waals surface area contributed by atoms with Gasteiger partial charge in [0, 0.05) is 61.6 Å². The van der Waals surface area contributed by atoms with Crippen LogP contribution in [0.5, 0.6) is 0 Å². The molecular formula is C80H56BN7. The zero-order valence-corrected chi connectivity index (χ0v) is 48.8. The topological polar surface area (TPSA) is 73.9 Å². The monoisotopic (exact) mass is 1130 g/mol. The average Bonchev–Trinajstić information content (AvgIpc) is 0.723. The molecule has 7 nitrogen and oxygen atoms in total. The highest BCUT2D eigenvalue weighted by Gasteiger charge is 2.44. The molecule has 8 heteroatoms. The zero-order chi connectivity index (χ0) is 59.0. The molecule has 0 bridgehead atoms. The molecule has 88 heavy (non-hydrogen) atoms. The second kappa shape index (κ2) is 21.0. The second-order valence-electron chi connectivity index (χ2n) is 23.9. The first-order valence-electron chi connectivity index (χ1n) is 30.0. The molecule has 4 heterocycles. The minimum atomic E-state index is -0.140. The van der Waals surface area contributed by atoms with Gasteiger partial charge in [0.1, 0.15) is 0 Å². The largest absolute Gasteiger partial charge is 0.311 e. The van der Waals surface area contributed by atoms with Crippen molar-refractivity contribution < 1.29 is 0 Å². The number of fused-ring (bicyclic) bond motifs is 7. The zero-order valence-electron chi connectivity index (χ0n) is 48.8. The summed E-state index contributed by atoms with van der Waals surface area (Å²) in [6.07, 6.45) is 0. The predicted octanol–water partition coefficient (Wildman–Crippen LogP) is 18.2. The summed E-state index contributed by atoms with van der Waals surface area (Å²) in [7, 11) is 0. The summed E-state index contributed by atoms with van der Waals surface area (Å²) in [5.74, 6) is 1.57. The molecule has 2 aliphatic rings. The molecule has 0 amide bonds. The number of para-hydroxylation sites is 2. The van der Waals surface area contributed by atoms with Crippen LogP contribution in [0.1, 0.15) is 31.9 Å². The summed E-state index contributed by atoms with van der Waals surface area (Å²) in [6.45, 7) is 6.74. The van der Waals surface area contributed by atoms with Gasteiger partial charge < -0.3 is 14.4 Å². The van der Waals surface area contributed by atoms with Crippen LogP contribution in [-0.2, 0) is 5.41 Å². The average molecular weight is 1130 g/mol. The summed E-state index contributed by atoms with van der Waals surface area (Å²) >= 11 is 0. The lowest BCUT2D eigenvalue weighted by molar-refractivity contribution is 0.591. The molecule has 0 saturated heterocycles. The van der Waals surface area contributed by atoms with Gasteiger partial charge in [-0.3, -0.25) is 0 Å². The number of rotatable bonds is 9. The van der Waals surface area contributed by atoms with Crippen LogP contribution >= 0.6 is 0 Å². The van der Waals surface area contributed by atoms with Crippen LogP contribution in [0.3, 0.4) is 0 Å². The van der Waals surface area contributed by atoms with E-state index in [2.05, 4.69) is 254 Å². The van der Waals surface area contributed by atoms with Crippen molar-refractivity contribution in [2.45, 2.75) is 26.2 Å². The fraction of sp³-hybridized carbons (Fsp3) is 0.0500. The third-order valence-corrected chi connectivity index (χ3v) is 17.6. The third kappa shape index (κ3) is 8.86. The molecule has 0 atom stereocenters. The fourth-order valence-electron chi connectivity index (χ4n) is 13.3. The van der Waals surface area contributed by atoms with E-state index >= 15 is 0 Å². The Labute approximate surface area is 512 Å². The SMILES string of the molecule is CC(C)(C)c1ccc2c(c1)c1cc(-c3cc4c5c(c3)N(c3ccccc3)c3cc(-c6ccccc6)ccc3B5c3ccc(-c5ccccc5)cc3N4c3ccccc3)ccc1n2-c1ccc(C#N)cc1-c1nc(-c2ccccc2)nc(-c2ccccc2)n1. The van der Waals surface area contributed by atoms with Crippen molar-refractivity contribution in [3.63, 3.8) is 0 Å². The predicted molar refractivity (Wildman–Crippen MR) is 364 cm³/mol. The van der Waals surface area contributed by atoms with E-state index < -0.39 is 0 Å². The van der Waals surface area contributed by atoms with Gasteiger partial charge in [-0.15, -0.1) is 0 Å². The molecule has 0 saturated carbocycles. The number of aromatic nitrogens is 4. The van der Waals surface area contributed by atoms with E-state index in [1.165, 1.54) is 33.1 Å². The van der Waals surface area contributed by atoms with Crippen molar-refractivity contribution in [1.82, 2.24) is 19.5 Å². The third-order valence-electron chi connectivity index (χ3n) is 17.6. The van der Waals surface area contributed by atoms with Crippen LogP contribution in [0, 0.1) is 11.3 Å². The second-order valence-corrected chi connectivity index (χ2v) is 23.9. The molecule has 0 spiro atoms. The van der Waals surface area contributed by atoms with Gasteiger partial charge in [0.25, 0.3) is 6.71 Å². The van der Waals surface area contributed by atoms with Crippen LogP contribution in [0.15, 0.2) is 285 Å². The van der Waals surface area contributed by atoms with Gasteiger partial charge in [-0.25, -0.2) is 15.0 Å². The summed E-state index contributed by atoms with van der Waals surface area (Å²) in [5, 5.41) is 12.8. The summed E-state index contributed by atoms with van der Waals surface area (Å²) in [5.41, 5.74) is 24.2. The number of nitrogens with zero attached hydrogens (tertiary/aromatic N) is 7. The number of nitriles is 1. The maximum absolute atomic E-state index is 10.6. The Hall–Kier alpha value is -11.4. The van der Waals surface area contributed by atoms with Crippen LogP contribution in [-0.4, -0.2) is 26.2 Å². The van der Waals surface area contributed by atoms with Gasteiger partial charge in [-0.05, 0) is 152 Å². The Morgan fingerprint density at radius 2 is 0.773 bits per heavy atom. The lowest BCUT2D eigenvalue weighted by Gasteiger charge is -2.44. The van der Waals surface area contributed by atoms with Crippen molar-refractivity contribution in [2.75, 3.05) is 9.80 Å². The molecule has 14 aromatic rings. The van der Waals surface area contributed by atoms with Gasteiger partial charge in [0.2, 0.25) is 0 Å². The van der Waals surface area contributed by atoms with Crippen LogP contribution < -0.4 is 26.2 Å². The van der Waals surface area contributed by atoms with E-state index in [9.17, 15) is 5.26 Å². The molecule has 12 aromatic carbocycles. The van der Waals surface area contributed by atoms with E-state index in [0.29, 0.717) is 23.0 Å². The minimum absolute atomic E-state index is 0.0894. The summed E-state index contributed by atoms with van der Waals surface area (Å²) < 4.78 is 2.34. The van der Waals surface area contributed by atoms with Gasteiger partial charge in [-0.2, -0.15) is 5.26 Å². The van der Waals surface area contributed by atoms with Crippen LogP contribution in [0.25, 0.3) is 95.0 Å². The van der Waals surface area contributed by atoms with Crippen LogP contribution in [0.4, 0.5) is 34.1 Å². The molecule has 0 aliphatic carbocycles. The van der Waals surface area contributed by atoms with E-state index in [0.717, 1.165) is 101 Å². The number of anilines is 6. The quantitative estimate of drug-likeness (QED) is 0.134. The molecule has 0 radical (unpaired) electrons. The van der Waals surface area contributed by atoms with Gasteiger partial charge in [0.05, 0.1) is 28.4 Å². The molecule has 0 unspecified atom stereocenters. The highest BCUT2D eigenvalue weighted by Crippen LogP contribution is 2.48. The Morgan fingerprint density at radius 3 is 1.26 bits per heavy atom. The van der Waals surface area contributed by atoms with Crippen molar-refractivity contribution in [1.29, 1.82) is 5.26 Å². The minimum Gasteiger partial charge on any atom is -0.311 e. The molecule has 0 N–H and O–H groups in total. The Kier molecular flexibility index (Phi) is 12.4. The molecule has 2 aromatic heterocycles. The lowest BCUT2D eigenvalue weighted by Crippen LogP contribution is -2.61. The van der Waals surface area contributed by atoms with Crippen molar-refractivity contribution in [3.05, 3.63) is 296 Å². The number of hydrogen-bond donors (Lipinski definition) is 0. The lowest BCUT2D eigenvalue weighted by atomic mass is 9.33. The first kappa shape index (κ1) is 52.2. The van der Waals surface area contributed by atoms with Gasteiger partial charge >= 0.3 is 0 Å². The maximum atomic E-state index is 10.6. The first-order chi connectivity index (χ1) is 43.2. The summed E-state index contributed by atoms with van der Waals surface area (Å²) in [6, 6.07) is 105. The van der Waals surface area contributed by atoms with Crippen LogP contribution in [0.2, 0.25) is 0 Å². The summed E-state index contributed by atoms with van der Waals surface area (Å²) in [4.78, 5) is 20.5. The number of hydrogen-bond acceptors (Lipinski definition) is 6. The van der Waals surface area contributed by atoms with E-state index in [1.807, 2.05) is 72.8 Å². The van der Waals surface area contributed by atoms with Crippen molar-refractivity contribution in [3.8, 4) is 79.3 Å². The van der Waals surface area contributed by atoms with Gasteiger partial charge in [0.15, 0.2) is 17.5 Å². The van der Waals surface area contributed by atoms with E-state index in [1.54, 1.807) is 0 Å². The maximum Gasteiger partial charge on any atom is 0.252 e. The Bertz CT molecular complexity index is 4860. The van der Waals surface area contributed by atoms with Crippen molar-refractivity contribution >= 4 is 79.0 Å². The van der Waals surface area contributed by atoms with Gasteiger partial charge in [-0.1, -0.05) is 215 Å². The number of benzene rings is 12. The Balaban J connectivity index is 0.961. The normalized spacial score (nSPS) is 12.4. The first-order valence-corrected chi connectivity index (χ1v) is 30.0. The molecular weight excluding hydrogens is 1070 g/mol. The molecule has 2 aliphatic heterocycles. The van der Waals surface area contributed by atoms with Crippen molar-refractivity contribution in [2.24, 2.45) is 0 Å².